The first-order chi connectivity index (χ1) is 9.31. The number of sulfonamides is 1. The molecule has 0 aliphatic carbocycles. The highest BCUT2D eigenvalue weighted by molar-refractivity contribution is 9.10. The van der Waals surface area contributed by atoms with Crippen LogP contribution in [0.1, 0.15) is 13.3 Å². The molecular weight excluding hydrogens is 354 g/mol. The zero-order chi connectivity index (χ0) is 14.9. The third-order valence-electron chi connectivity index (χ3n) is 3.40. The van der Waals surface area contributed by atoms with Gasteiger partial charge in [0.05, 0.1) is 4.47 Å². The molecule has 4 nitrogen and oxygen atoms in total. The molecular formula is C12H15BrF2N2O2S. The van der Waals surface area contributed by atoms with Gasteiger partial charge in [0.25, 0.3) is 0 Å². The number of hydrogen-bond donors (Lipinski definition) is 2. The summed E-state index contributed by atoms with van der Waals surface area (Å²) in [5.41, 5.74) is 0. The lowest BCUT2D eigenvalue weighted by atomic mass is 9.96. The third-order valence-corrected chi connectivity index (χ3v) is 5.51. The summed E-state index contributed by atoms with van der Waals surface area (Å²) in [5, 5.41) is 3.08. The lowest BCUT2D eigenvalue weighted by Crippen LogP contribution is -2.50. The predicted molar refractivity (Wildman–Crippen MR) is 74.8 cm³/mol. The van der Waals surface area contributed by atoms with Gasteiger partial charge >= 0.3 is 0 Å². The summed E-state index contributed by atoms with van der Waals surface area (Å²) < 4.78 is 53.6. The summed E-state index contributed by atoms with van der Waals surface area (Å²) in [6.45, 7) is 3.26. The van der Waals surface area contributed by atoms with Crippen LogP contribution in [-0.2, 0) is 10.0 Å². The second-order valence-corrected chi connectivity index (χ2v) is 7.43. The van der Waals surface area contributed by atoms with Crippen molar-refractivity contribution in [3.8, 4) is 0 Å². The maximum Gasteiger partial charge on any atom is 0.243 e. The number of nitrogens with one attached hydrogen (secondary N) is 2. The molecule has 0 bridgehead atoms. The summed E-state index contributed by atoms with van der Waals surface area (Å²) in [7, 11) is -4.02. The van der Waals surface area contributed by atoms with E-state index in [1.807, 2.05) is 6.92 Å². The van der Waals surface area contributed by atoms with E-state index in [-0.39, 0.29) is 16.4 Å². The summed E-state index contributed by atoms with van der Waals surface area (Å²) in [5.74, 6) is -1.79. The van der Waals surface area contributed by atoms with Gasteiger partial charge in [0.1, 0.15) is 16.5 Å². The summed E-state index contributed by atoms with van der Waals surface area (Å²) >= 11 is 2.86. The first kappa shape index (κ1) is 15.8. The van der Waals surface area contributed by atoms with Crippen LogP contribution in [0.15, 0.2) is 21.5 Å². The van der Waals surface area contributed by atoms with Crippen LogP contribution in [0.25, 0.3) is 0 Å². The lowest BCUT2D eigenvalue weighted by molar-refractivity contribution is 0.327. The van der Waals surface area contributed by atoms with E-state index >= 15 is 0 Å². The Kier molecular flexibility index (Phi) is 4.78. The normalized spacial score (nSPS) is 23.8. The van der Waals surface area contributed by atoms with Gasteiger partial charge in [0.15, 0.2) is 0 Å². The largest absolute Gasteiger partial charge is 0.315 e. The molecule has 1 heterocycles. The van der Waals surface area contributed by atoms with Gasteiger partial charge in [0.2, 0.25) is 10.0 Å². The Morgan fingerprint density at radius 3 is 2.70 bits per heavy atom. The molecule has 0 saturated carbocycles. The monoisotopic (exact) mass is 368 g/mol. The van der Waals surface area contributed by atoms with Crippen LogP contribution >= 0.6 is 15.9 Å². The molecule has 0 amide bonds. The minimum atomic E-state index is -4.02. The average Bonchev–Trinajstić information content (AvgIpc) is 2.36. The van der Waals surface area contributed by atoms with Crippen molar-refractivity contribution in [1.29, 1.82) is 0 Å². The van der Waals surface area contributed by atoms with E-state index in [1.165, 1.54) is 0 Å². The van der Waals surface area contributed by atoms with Crippen LogP contribution in [0.3, 0.4) is 0 Å². The van der Waals surface area contributed by atoms with Gasteiger partial charge < -0.3 is 5.32 Å². The Balaban J connectivity index is 2.28. The van der Waals surface area contributed by atoms with Crippen molar-refractivity contribution in [1.82, 2.24) is 10.0 Å². The van der Waals surface area contributed by atoms with Crippen molar-refractivity contribution in [3.63, 3.8) is 0 Å². The molecule has 1 aromatic carbocycles. The maximum absolute atomic E-state index is 13.7. The van der Waals surface area contributed by atoms with E-state index < -0.39 is 26.6 Å². The smallest absolute Gasteiger partial charge is 0.243 e. The summed E-state index contributed by atoms with van der Waals surface area (Å²) in [4.78, 5) is -0.552. The molecule has 0 spiro atoms. The zero-order valence-corrected chi connectivity index (χ0v) is 13.2. The van der Waals surface area contributed by atoms with Crippen molar-refractivity contribution in [3.05, 3.63) is 28.2 Å². The van der Waals surface area contributed by atoms with E-state index in [0.717, 1.165) is 19.0 Å². The number of halogens is 3. The first-order valence-corrected chi connectivity index (χ1v) is 8.46. The number of piperidine rings is 1. The molecule has 1 aliphatic heterocycles. The van der Waals surface area contributed by atoms with Crippen LogP contribution in [0, 0.1) is 17.6 Å². The van der Waals surface area contributed by atoms with E-state index in [0.29, 0.717) is 12.6 Å². The van der Waals surface area contributed by atoms with E-state index in [1.54, 1.807) is 0 Å². The summed E-state index contributed by atoms with van der Waals surface area (Å²) in [6.07, 6.45) is 0.836. The molecule has 0 radical (unpaired) electrons. The molecule has 8 heteroatoms. The van der Waals surface area contributed by atoms with Crippen LogP contribution in [0.4, 0.5) is 8.78 Å². The molecule has 2 N–H and O–H groups in total. The number of benzene rings is 1. The lowest BCUT2D eigenvalue weighted by Gasteiger charge is -2.30. The SMILES string of the molecule is CC1CCNCC1NS(=O)(=O)c1cc(Br)c(F)cc1F. The Morgan fingerprint density at radius 1 is 1.35 bits per heavy atom. The van der Waals surface area contributed by atoms with Crippen LogP contribution in [0.5, 0.6) is 0 Å². The Morgan fingerprint density at radius 2 is 2.05 bits per heavy atom. The van der Waals surface area contributed by atoms with E-state index in [2.05, 4.69) is 26.0 Å². The quantitative estimate of drug-likeness (QED) is 0.802. The fraction of sp³-hybridized carbons (Fsp3) is 0.500. The molecule has 112 valence electrons. The van der Waals surface area contributed by atoms with Crippen molar-refractivity contribution >= 4 is 26.0 Å². The third kappa shape index (κ3) is 3.36. The Hall–Kier alpha value is -0.570. The van der Waals surface area contributed by atoms with Gasteiger partial charge in [-0.3, -0.25) is 0 Å². The minimum Gasteiger partial charge on any atom is -0.315 e. The van der Waals surface area contributed by atoms with Gasteiger partial charge in [-0.15, -0.1) is 0 Å². The second kappa shape index (κ2) is 6.05. The number of hydrogen-bond acceptors (Lipinski definition) is 3. The highest BCUT2D eigenvalue weighted by Gasteiger charge is 2.29. The molecule has 2 atom stereocenters. The van der Waals surface area contributed by atoms with Crippen LogP contribution < -0.4 is 10.0 Å². The van der Waals surface area contributed by atoms with Crippen molar-refractivity contribution in [2.45, 2.75) is 24.3 Å². The van der Waals surface area contributed by atoms with Gasteiger partial charge in [-0.25, -0.2) is 21.9 Å². The van der Waals surface area contributed by atoms with Crippen molar-refractivity contribution in [2.75, 3.05) is 13.1 Å². The molecule has 2 unspecified atom stereocenters. The van der Waals surface area contributed by atoms with Gasteiger partial charge in [0, 0.05) is 18.7 Å². The van der Waals surface area contributed by atoms with Gasteiger partial charge in [-0.2, -0.15) is 0 Å². The van der Waals surface area contributed by atoms with Crippen LogP contribution in [-0.4, -0.2) is 27.5 Å². The van der Waals surface area contributed by atoms with Crippen molar-refractivity contribution in [2.24, 2.45) is 5.92 Å². The van der Waals surface area contributed by atoms with E-state index in [4.69, 9.17) is 0 Å². The minimum absolute atomic E-state index is 0.0888. The molecule has 0 aromatic heterocycles. The molecule has 20 heavy (non-hydrogen) atoms. The number of rotatable bonds is 3. The predicted octanol–water partition coefficient (Wildman–Crippen LogP) is 2.00. The second-order valence-electron chi connectivity index (χ2n) is 4.89. The topological polar surface area (TPSA) is 58.2 Å². The summed E-state index contributed by atoms with van der Waals surface area (Å²) in [6, 6.07) is 1.19. The van der Waals surface area contributed by atoms with Gasteiger partial charge in [-0.05, 0) is 40.9 Å². The first-order valence-electron chi connectivity index (χ1n) is 6.19. The fourth-order valence-electron chi connectivity index (χ4n) is 2.12. The molecule has 2 rings (SSSR count). The van der Waals surface area contributed by atoms with E-state index in [9.17, 15) is 17.2 Å². The molecule has 1 aliphatic rings. The maximum atomic E-state index is 13.7. The zero-order valence-electron chi connectivity index (χ0n) is 10.8. The average molecular weight is 369 g/mol. The highest BCUT2D eigenvalue weighted by atomic mass is 79.9. The molecule has 1 saturated heterocycles. The van der Waals surface area contributed by atoms with Gasteiger partial charge in [-0.1, -0.05) is 6.92 Å². The van der Waals surface area contributed by atoms with Crippen molar-refractivity contribution < 1.29 is 17.2 Å². The standard InChI is InChI=1S/C12H15BrF2N2O2S/c1-7-2-3-16-6-11(7)17-20(18,19)12-4-8(13)9(14)5-10(12)15/h4-5,7,11,16-17H,2-3,6H2,1H3. The molecule has 1 aromatic rings. The van der Waals surface area contributed by atoms with Crippen LogP contribution in [0.2, 0.25) is 0 Å². The Labute approximate surface area is 125 Å². The molecule has 1 fully saturated rings. The highest BCUT2D eigenvalue weighted by Crippen LogP contribution is 2.24. The Bertz CT molecular complexity index is 610. The fourth-order valence-corrected chi connectivity index (χ4v) is 4.05.